The van der Waals surface area contributed by atoms with Crippen LogP contribution < -0.4 is 0 Å². The molecule has 4 nitrogen and oxygen atoms in total. The molecule has 0 fully saturated rings. The zero-order valence-electron chi connectivity index (χ0n) is 12.8. The van der Waals surface area contributed by atoms with Crippen LogP contribution in [0.1, 0.15) is 11.1 Å². The summed E-state index contributed by atoms with van der Waals surface area (Å²) < 4.78 is 1.81. The second kappa shape index (κ2) is 7.15. The molecule has 1 heterocycles. The molecule has 0 atom stereocenters. The molecule has 5 heteroatoms. The van der Waals surface area contributed by atoms with E-state index < -0.39 is 5.97 Å². The molecule has 3 aromatic rings. The Bertz CT molecular complexity index is 868. The Morgan fingerprint density at radius 1 is 1.12 bits per heavy atom. The Labute approximate surface area is 144 Å². The molecule has 0 saturated carbocycles. The van der Waals surface area contributed by atoms with Crippen LogP contribution >= 0.6 is 11.6 Å². The van der Waals surface area contributed by atoms with Gasteiger partial charge in [-0.05, 0) is 23.8 Å². The van der Waals surface area contributed by atoms with Crippen molar-refractivity contribution in [2.24, 2.45) is 0 Å². The van der Waals surface area contributed by atoms with Crippen LogP contribution in [0.3, 0.4) is 0 Å². The third kappa shape index (κ3) is 3.91. The van der Waals surface area contributed by atoms with Crippen LogP contribution in [0.5, 0.6) is 0 Å². The van der Waals surface area contributed by atoms with Crippen LogP contribution in [0.15, 0.2) is 66.9 Å². The molecule has 0 unspecified atom stereocenters. The van der Waals surface area contributed by atoms with Gasteiger partial charge in [0.15, 0.2) is 0 Å². The van der Waals surface area contributed by atoms with E-state index in [9.17, 15) is 4.79 Å². The summed E-state index contributed by atoms with van der Waals surface area (Å²) in [5, 5.41) is 14.1. The lowest BCUT2D eigenvalue weighted by atomic mass is 10.1. The summed E-state index contributed by atoms with van der Waals surface area (Å²) in [6.07, 6.45) is 4.51. The topological polar surface area (TPSA) is 55.1 Å². The zero-order chi connectivity index (χ0) is 16.9. The van der Waals surface area contributed by atoms with E-state index in [2.05, 4.69) is 5.10 Å². The second-order valence-electron chi connectivity index (χ2n) is 5.29. The van der Waals surface area contributed by atoms with Gasteiger partial charge in [-0.1, -0.05) is 54.1 Å². The van der Waals surface area contributed by atoms with Gasteiger partial charge in [-0.25, -0.2) is 4.79 Å². The lowest BCUT2D eigenvalue weighted by molar-refractivity contribution is -0.131. The Hall–Kier alpha value is -2.85. The molecular formula is C19H15ClN2O2. The number of hydrogen-bond donors (Lipinski definition) is 1. The number of aliphatic carboxylic acids is 1. The molecule has 120 valence electrons. The van der Waals surface area contributed by atoms with Gasteiger partial charge in [0, 0.05) is 28.4 Å². The summed E-state index contributed by atoms with van der Waals surface area (Å²) in [6.45, 7) is 0.613. The molecule has 0 aliphatic carbocycles. The summed E-state index contributed by atoms with van der Waals surface area (Å²) in [6, 6.07) is 17.3. The van der Waals surface area contributed by atoms with Crippen molar-refractivity contribution in [2.75, 3.05) is 0 Å². The van der Waals surface area contributed by atoms with Gasteiger partial charge >= 0.3 is 5.97 Å². The van der Waals surface area contributed by atoms with Crippen molar-refractivity contribution in [2.45, 2.75) is 6.54 Å². The molecule has 0 aliphatic heterocycles. The fourth-order valence-corrected chi connectivity index (χ4v) is 2.53. The maximum absolute atomic E-state index is 10.8. The van der Waals surface area contributed by atoms with Crippen molar-refractivity contribution in [1.29, 1.82) is 0 Å². The average Bonchev–Trinajstić information content (AvgIpc) is 2.97. The maximum Gasteiger partial charge on any atom is 0.328 e. The summed E-state index contributed by atoms with van der Waals surface area (Å²) in [5.74, 6) is -0.993. The summed E-state index contributed by atoms with van der Waals surface area (Å²) in [4.78, 5) is 10.8. The highest BCUT2D eigenvalue weighted by molar-refractivity contribution is 6.30. The molecule has 0 saturated heterocycles. The summed E-state index contributed by atoms with van der Waals surface area (Å²) in [7, 11) is 0. The molecule has 0 bridgehead atoms. The number of rotatable bonds is 5. The average molecular weight is 339 g/mol. The minimum atomic E-state index is -0.993. The van der Waals surface area contributed by atoms with Gasteiger partial charge in [-0.15, -0.1) is 0 Å². The standard InChI is InChI=1S/C19H15ClN2O2/c20-17-9-6-15(7-10-17)19-16(8-11-18(23)24)13-22(21-19)12-14-4-2-1-3-5-14/h1-11,13H,12H2,(H,23,24)/b11-8+. The van der Waals surface area contributed by atoms with Gasteiger partial charge in [0.1, 0.15) is 0 Å². The first kappa shape index (κ1) is 16.0. The number of halogens is 1. The van der Waals surface area contributed by atoms with E-state index in [1.807, 2.05) is 48.7 Å². The van der Waals surface area contributed by atoms with Gasteiger partial charge in [-0.3, -0.25) is 4.68 Å². The number of benzene rings is 2. The Morgan fingerprint density at radius 3 is 2.50 bits per heavy atom. The number of aromatic nitrogens is 2. The highest BCUT2D eigenvalue weighted by Gasteiger charge is 2.10. The smallest absolute Gasteiger partial charge is 0.328 e. The minimum absolute atomic E-state index is 0.613. The number of nitrogens with zero attached hydrogens (tertiary/aromatic N) is 2. The lowest BCUT2D eigenvalue weighted by Gasteiger charge is -2.01. The van der Waals surface area contributed by atoms with Crippen LogP contribution in [-0.4, -0.2) is 20.9 Å². The first-order valence-electron chi connectivity index (χ1n) is 7.40. The summed E-state index contributed by atoms with van der Waals surface area (Å²) in [5.41, 5.74) is 3.48. The molecule has 0 spiro atoms. The van der Waals surface area contributed by atoms with E-state index in [0.29, 0.717) is 11.6 Å². The molecule has 1 aromatic heterocycles. The highest BCUT2D eigenvalue weighted by Crippen LogP contribution is 2.25. The van der Waals surface area contributed by atoms with Crippen molar-refractivity contribution >= 4 is 23.6 Å². The molecule has 1 N–H and O–H groups in total. The van der Waals surface area contributed by atoms with E-state index in [1.165, 1.54) is 0 Å². The first-order valence-corrected chi connectivity index (χ1v) is 7.78. The molecule has 3 rings (SSSR count). The molecule has 0 aliphatic rings. The van der Waals surface area contributed by atoms with Crippen molar-refractivity contribution in [3.8, 4) is 11.3 Å². The van der Waals surface area contributed by atoms with Crippen molar-refractivity contribution in [3.63, 3.8) is 0 Å². The van der Waals surface area contributed by atoms with Crippen molar-refractivity contribution in [3.05, 3.63) is 83.0 Å². The molecule has 2 aromatic carbocycles. The van der Waals surface area contributed by atoms with Gasteiger partial charge in [0.25, 0.3) is 0 Å². The van der Waals surface area contributed by atoms with Gasteiger partial charge in [-0.2, -0.15) is 5.10 Å². The number of carboxylic acid groups (broad SMARTS) is 1. The predicted octanol–water partition coefficient (Wildman–Crippen LogP) is 4.35. The quantitative estimate of drug-likeness (QED) is 0.704. The van der Waals surface area contributed by atoms with E-state index in [4.69, 9.17) is 16.7 Å². The third-order valence-corrected chi connectivity index (χ3v) is 3.75. The number of carbonyl (C=O) groups is 1. The van der Waals surface area contributed by atoms with E-state index in [-0.39, 0.29) is 0 Å². The van der Waals surface area contributed by atoms with Crippen molar-refractivity contribution < 1.29 is 9.90 Å². The van der Waals surface area contributed by atoms with E-state index >= 15 is 0 Å². The van der Waals surface area contributed by atoms with Gasteiger partial charge < -0.3 is 5.11 Å². The predicted molar refractivity (Wildman–Crippen MR) is 94.9 cm³/mol. The summed E-state index contributed by atoms with van der Waals surface area (Å²) >= 11 is 5.94. The molecule has 24 heavy (non-hydrogen) atoms. The number of carboxylic acids is 1. The Balaban J connectivity index is 1.98. The molecule has 0 radical (unpaired) electrons. The normalized spacial score (nSPS) is 11.0. The minimum Gasteiger partial charge on any atom is -0.478 e. The van der Waals surface area contributed by atoms with Crippen LogP contribution in [0.2, 0.25) is 5.02 Å². The van der Waals surface area contributed by atoms with Gasteiger partial charge in [0.2, 0.25) is 0 Å². The van der Waals surface area contributed by atoms with Crippen molar-refractivity contribution in [1.82, 2.24) is 9.78 Å². The van der Waals surface area contributed by atoms with Gasteiger partial charge in [0.05, 0.1) is 12.2 Å². The molecule has 0 amide bonds. The monoisotopic (exact) mass is 338 g/mol. The SMILES string of the molecule is O=C(O)/C=C/c1cn(Cc2ccccc2)nc1-c1ccc(Cl)cc1. The largest absolute Gasteiger partial charge is 0.478 e. The fraction of sp³-hybridized carbons (Fsp3) is 0.0526. The first-order chi connectivity index (χ1) is 11.6. The fourth-order valence-electron chi connectivity index (χ4n) is 2.40. The molecular weight excluding hydrogens is 324 g/mol. The lowest BCUT2D eigenvalue weighted by Crippen LogP contribution is -1.99. The maximum atomic E-state index is 10.8. The van der Waals surface area contributed by atoms with Crippen LogP contribution in [-0.2, 0) is 11.3 Å². The second-order valence-corrected chi connectivity index (χ2v) is 5.73. The van der Waals surface area contributed by atoms with E-state index in [0.717, 1.165) is 28.5 Å². The third-order valence-electron chi connectivity index (χ3n) is 3.50. The Kier molecular flexibility index (Phi) is 4.77. The van der Waals surface area contributed by atoms with Crippen LogP contribution in [0, 0.1) is 0 Å². The Morgan fingerprint density at radius 2 is 1.83 bits per heavy atom. The van der Waals surface area contributed by atoms with Crippen LogP contribution in [0.25, 0.3) is 17.3 Å². The zero-order valence-corrected chi connectivity index (χ0v) is 13.5. The number of hydrogen-bond acceptors (Lipinski definition) is 2. The van der Waals surface area contributed by atoms with Crippen LogP contribution in [0.4, 0.5) is 0 Å². The van der Waals surface area contributed by atoms with E-state index in [1.54, 1.807) is 22.9 Å². The highest BCUT2D eigenvalue weighted by atomic mass is 35.5.